The number of hydrogen-bond donors (Lipinski definition) is 0. The summed E-state index contributed by atoms with van der Waals surface area (Å²) in [5.74, 6) is 0.709. The number of pyridine rings is 1. The molecule has 6 nitrogen and oxygen atoms in total. The van der Waals surface area contributed by atoms with Gasteiger partial charge in [-0.25, -0.2) is 14.4 Å². The molecule has 0 N–H and O–H groups in total. The summed E-state index contributed by atoms with van der Waals surface area (Å²) in [5, 5.41) is 0. The summed E-state index contributed by atoms with van der Waals surface area (Å²) < 4.78 is 25.1. The summed E-state index contributed by atoms with van der Waals surface area (Å²) >= 11 is 0. The standard InChI is InChI=1S/C20H25FN4O2/c21-18-13-23-19(24-14-18)25-8-5-20(6-9-25)17(4-11-27-20)3-10-26-15-16-2-1-7-22-12-16/h1-2,7,12-14,17H,3-6,8-11,15H2. The van der Waals surface area contributed by atoms with E-state index in [1.165, 1.54) is 12.4 Å². The third-order valence-corrected chi connectivity index (χ3v) is 5.70. The molecule has 4 rings (SSSR count). The van der Waals surface area contributed by atoms with Gasteiger partial charge in [0.15, 0.2) is 5.82 Å². The van der Waals surface area contributed by atoms with E-state index in [2.05, 4.69) is 19.9 Å². The van der Waals surface area contributed by atoms with E-state index in [4.69, 9.17) is 9.47 Å². The highest BCUT2D eigenvalue weighted by Gasteiger charge is 2.46. The Labute approximate surface area is 158 Å². The lowest BCUT2D eigenvalue weighted by Crippen LogP contribution is -2.48. The minimum atomic E-state index is -0.405. The van der Waals surface area contributed by atoms with E-state index in [1.807, 2.05) is 18.3 Å². The molecule has 2 aromatic rings. The van der Waals surface area contributed by atoms with Crippen molar-refractivity contribution in [1.82, 2.24) is 15.0 Å². The molecule has 1 spiro atoms. The maximum Gasteiger partial charge on any atom is 0.225 e. The van der Waals surface area contributed by atoms with Crippen LogP contribution in [0.3, 0.4) is 0 Å². The Kier molecular flexibility index (Phi) is 5.59. The van der Waals surface area contributed by atoms with Gasteiger partial charge in [0, 0.05) is 38.7 Å². The lowest BCUT2D eigenvalue weighted by atomic mass is 9.78. The smallest absolute Gasteiger partial charge is 0.225 e. The molecule has 0 saturated carbocycles. The molecule has 2 fully saturated rings. The normalized spacial score (nSPS) is 21.7. The summed E-state index contributed by atoms with van der Waals surface area (Å²) in [6, 6.07) is 3.96. The van der Waals surface area contributed by atoms with Crippen molar-refractivity contribution in [3.63, 3.8) is 0 Å². The van der Waals surface area contributed by atoms with Crippen LogP contribution in [-0.2, 0) is 16.1 Å². The van der Waals surface area contributed by atoms with Crippen molar-refractivity contribution in [2.24, 2.45) is 5.92 Å². The van der Waals surface area contributed by atoms with Gasteiger partial charge in [-0.2, -0.15) is 0 Å². The highest BCUT2D eigenvalue weighted by molar-refractivity contribution is 5.30. The van der Waals surface area contributed by atoms with Crippen LogP contribution in [-0.4, -0.2) is 46.9 Å². The van der Waals surface area contributed by atoms with E-state index in [-0.39, 0.29) is 5.60 Å². The number of piperidine rings is 1. The fraction of sp³-hybridized carbons (Fsp3) is 0.550. The molecule has 0 aliphatic carbocycles. The monoisotopic (exact) mass is 372 g/mol. The molecule has 0 amide bonds. The topological polar surface area (TPSA) is 60.4 Å². The van der Waals surface area contributed by atoms with Gasteiger partial charge in [-0.15, -0.1) is 0 Å². The van der Waals surface area contributed by atoms with Crippen molar-refractivity contribution < 1.29 is 13.9 Å². The van der Waals surface area contributed by atoms with Crippen LogP contribution in [0.2, 0.25) is 0 Å². The number of nitrogens with zero attached hydrogens (tertiary/aromatic N) is 4. The van der Waals surface area contributed by atoms with Gasteiger partial charge >= 0.3 is 0 Å². The molecule has 0 radical (unpaired) electrons. The second-order valence-electron chi connectivity index (χ2n) is 7.29. The predicted molar refractivity (Wildman–Crippen MR) is 98.7 cm³/mol. The molecule has 2 saturated heterocycles. The van der Waals surface area contributed by atoms with E-state index in [9.17, 15) is 4.39 Å². The first kappa shape index (κ1) is 18.3. The molecular weight excluding hydrogens is 347 g/mol. The first-order valence-electron chi connectivity index (χ1n) is 9.58. The van der Waals surface area contributed by atoms with Crippen molar-refractivity contribution >= 4 is 5.95 Å². The molecule has 2 aliphatic heterocycles. The van der Waals surface area contributed by atoms with Crippen molar-refractivity contribution in [3.8, 4) is 0 Å². The molecule has 0 aromatic carbocycles. The second kappa shape index (κ2) is 8.27. The molecule has 27 heavy (non-hydrogen) atoms. The van der Waals surface area contributed by atoms with Crippen molar-refractivity contribution in [1.29, 1.82) is 0 Å². The first-order chi connectivity index (χ1) is 13.3. The van der Waals surface area contributed by atoms with Crippen LogP contribution >= 0.6 is 0 Å². The third kappa shape index (κ3) is 4.25. The van der Waals surface area contributed by atoms with E-state index < -0.39 is 5.82 Å². The summed E-state index contributed by atoms with van der Waals surface area (Å²) in [7, 11) is 0. The number of hydrogen-bond acceptors (Lipinski definition) is 6. The molecule has 2 aromatic heterocycles. The van der Waals surface area contributed by atoms with Gasteiger partial charge in [-0.05, 0) is 43.2 Å². The highest BCUT2D eigenvalue weighted by atomic mass is 19.1. The number of aromatic nitrogens is 3. The van der Waals surface area contributed by atoms with Gasteiger partial charge in [-0.3, -0.25) is 4.98 Å². The number of halogens is 1. The Morgan fingerprint density at radius 2 is 2.04 bits per heavy atom. The Bertz CT molecular complexity index is 721. The van der Waals surface area contributed by atoms with Crippen molar-refractivity contribution in [2.45, 2.75) is 37.9 Å². The molecule has 1 atom stereocenters. The van der Waals surface area contributed by atoms with Gasteiger partial charge in [0.25, 0.3) is 0 Å². The van der Waals surface area contributed by atoms with Gasteiger partial charge in [0.05, 0.1) is 24.6 Å². The molecule has 144 valence electrons. The fourth-order valence-corrected chi connectivity index (χ4v) is 4.20. The first-order valence-corrected chi connectivity index (χ1v) is 9.58. The van der Waals surface area contributed by atoms with Crippen LogP contribution in [0, 0.1) is 11.7 Å². The van der Waals surface area contributed by atoms with Crippen molar-refractivity contribution in [2.75, 3.05) is 31.2 Å². The maximum absolute atomic E-state index is 13.0. The lowest BCUT2D eigenvalue weighted by Gasteiger charge is -2.42. The molecular formula is C20H25FN4O2. The van der Waals surface area contributed by atoms with Gasteiger partial charge in [0.1, 0.15) is 0 Å². The Balaban J connectivity index is 1.27. The predicted octanol–water partition coefficient (Wildman–Crippen LogP) is 2.99. The highest BCUT2D eigenvalue weighted by Crippen LogP contribution is 2.42. The fourth-order valence-electron chi connectivity index (χ4n) is 4.20. The summed E-state index contributed by atoms with van der Waals surface area (Å²) in [6.45, 7) is 3.82. The average Bonchev–Trinajstić information content (AvgIpc) is 3.09. The summed E-state index contributed by atoms with van der Waals surface area (Å²) in [4.78, 5) is 14.4. The molecule has 4 heterocycles. The largest absolute Gasteiger partial charge is 0.377 e. The zero-order chi connectivity index (χ0) is 18.5. The van der Waals surface area contributed by atoms with Gasteiger partial charge in [0.2, 0.25) is 5.95 Å². The van der Waals surface area contributed by atoms with E-state index >= 15 is 0 Å². The molecule has 2 aliphatic rings. The quantitative estimate of drug-likeness (QED) is 0.727. The van der Waals surface area contributed by atoms with E-state index in [0.29, 0.717) is 18.5 Å². The second-order valence-corrected chi connectivity index (χ2v) is 7.29. The van der Waals surface area contributed by atoms with Crippen LogP contribution in [0.4, 0.5) is 10.3 Å². The van der Waals surface area contributed by atoms with Crippen LogP contribution in [0.5, 0.6) is 0 Å². The minimum absolute atomic E-state index is 0.0613. The third-order valence-electron chi connectivity index (χ3n) is 5.70. The van der Waals surface area contributed by atoms with E-state index in [0.717, 1.165) is 57.6 Å². The van der Waals surface area contributed by atoms with Gasteiger partial charge < -0.3 is 14.4 Å². The number of ether oxygens (including phenoxy) is 2. The lowest BCUT2D eigenvalue weighted by molar-refractivity contribution is -0.0477. The summed E-state index contributed by atoms with van der Waals surface area (Å²) in [5.41, 5.74) is 1.04. The Hall–Kier alpha value is -2.12. The van der Waals surface area contributed by atoms with Crippen LogP contribution < -0.4 is 4.90 Å². The molecule has 0 bridgehead atoms. The molecule has 7 heteroatoms. The Morgan fingerprint density at radius 1 is 1.22 bits per heavy atom. The minimum Gasteiger partial charge on any atom is -0.377 e. The van der Waals surface area contributed by atoms with Crippen LogP contribution in [0.15, 0.2) is 36.9 Å². The maximum atomic E-state index is 13.0. The Morgan fingerprint density at radius 3 is 2.78 bits per heavy atom. The zero-order valence-corrected chi connectivity index (χ0v) is 15.4. The van der Waals surface area contributed by atoms with E-state index in [1.54, 1.807) is 6.20 Å². The van der Waals surface area contributed by atoms with Gasteiger partial charge in [-0.1, -0.05) is 6.07 Å². The van der Waals surface area contributed by atoms with Crippen LogP contribution in [0.1, 0.15) is 31.2 Å². The van der Waals surface area contributed by atoms with Crippen molar-refractivity contribution in [3.05, 3.63) is 48.3 Å². The van der Waals surface area contributed by atoms with Crippen LogP contribution in [0.25, 0.3) is 0 Å². The average molecular weight is 372 g/mol. The SMILES string of the molecule is Fc1cnc(N2CCC3(CC2)OCCC3CCOCc2cccnc2)nc1. The molecule has 1 unspecified atom stereocenters. The number of anilines is 1. The number of rotatable bonds is 6. The summed E-state index contributed by atoms with van der Waals surface area (Å²) in [6.07, 6.45) is 10.0. The zero-order valence-electron chi connectivity index (χ0n) is 15.4.